The lowest BCUT2D eigenvalue weighted by Gasteiger charge is -2.60. The van der Waals surface area contributed by atoms with Crippen LogP contribution in [0.1, 0.15) is 6.92 Å². The van der Waals surface area contributed by atoms with E-state index in [1.54, 1.807) is 19.2 Å². The van der Waals surface area contributed by atoms with Crippen LogP contribution in [-0.4, -0.2) is 42.0 Å². The van der Waals surface area contributed by atoms with Crippen molar-refractivity contribution in [3.05, 3.63) is 23.2 Å². The van der Waals surface area contributed by atoms with Crippen LogP contribution in [0.4, 0.5) is 11.5 Å². The van der Waals surface area contributed by atoms with Gasteiger partial charge in [-0.1, -0.05) is 0 Å². The van der Waals surface area contributed by atoms with E-state index in [2.05, 4.69) is 15.1 Å². The fraction of sp³-hybridized carbons (Fsp3) is 0.500. The Bertz CT molecular complexity index is 485. The topological polar surface area (TPSA) is 65.9 Å². The molecule has 18 heavy (non-hydrogen) atoms. The van der Waals surface area contributed by atoms with Gasteiger partial charge in [0, 0.05) is 38.5 Å². The fourth-order valence-corrected chi connectivity index (χ4v) is 2.75. The number of hydrogen-bond acceptors (Lipinski definition) is 5. The second kappa shape index (κ2) is 3.76. The number of amides is 1. The molecule has 1 spiro atoms. The Morgan fingerprint density at radius 3 is 2.56 bits per heavy atom. The highest BCUT2D eigenvalue weighted by atomic mass is 16.3. The van der Waals surface area contributed by atoms with Crippen molar-refractivity contribution < 1.29 is 4.79 Å². The standard InChI is InChI=1S/C12H14N4O2/c1-9(17)15-5-12(6-15)7-16(8-12)10-2-3-11(14-18)13-4-10/h2-4H,5-8H2,1H3. The molecule has 0 saturated carbocycles. The molecule has 0 unspecified atom stereocenters. The van der Waals surface area contributed by atoms with Crippen LogP contribution in [0, 0.1) is 10.3 Å². The number of rotatable bonds is 2. The summed E-state index contributed by atoms with van der Waals surface area (Å²) in [6, 6.07) is 3.48. The minimum atomic E-state index is 0.155. The van der Waals surface area contributed by atoms with Crippen LogP contribution in [0.2, 0.25) is 0 Å². The zero-order valence-electron chi connectivity index (χ0n) is 10.2. The van der Waals surface area contributed by atoms with Crippen LogP contribution in [0.5, 0.6) is 0 Å². The van der Waals surface area contributed by atoms with Crippen LogP contribution < -0.4 is 4.90 Å². The first-order chi connectivity index (χ1) is 8.62. The van der Waals surface area contributed by atoms with Crippen LogP contribution in [-0.2, 0) is 4.79 Å². The first-order valence-corrected chi connectivity index (χ1v) is 5.92. The number of nitrogens with zero attached hydrogens (tertiary/aromatic N) is 4. The molecule has 2 saturated heterocycles. The fourth-order valence-electron chi connectivity index (χ4n) is 2.75. The van der Waals surface area contributed by atoms with Crippen molar-refractivity contribution in [1.29, 1.82) is 0 Å². The Hall–Kier alpha value is -1.98. The zero-order valence-corrected chi connectivity index (χ0v) is 10.2. The first kappa shape index (κ1) is 11.1. The molecule has 1 aromatic heterocycles. The summed E-state index contributed by atoms with van der Waals surface area (Å²) in [6.45, 7) is 5.23. The van der Waals surface area contributed by atoms with Gasteiger partial charge in [-0.05, 0) is 17.3 Å². The van der Waals surface area contributed by atoms with Crippen LogP contribution in [0.25, 0.3) is 0 Å². The lowest BCUT2D eigenvalue weighted by molar-refractivity contribution is -0.142. The summed E-state index contributed by atoms with van der Waals surface area (Å²) in [5, 5.41) is 2.78. The molecule has 1 amide bonds. The van der Waals surface area contributed by atoms with E-state index < -0.39 is 0 Å². The summed E-state index contributed by atoms with van der Waals surface area (Å²) >= 11 is 0. The number of nitroso groups, excluding NO2 is 1. The molecule has 2 fully saturated rings. The van der Waals surface area contributed by atoms with Crippen molar-refractivity contribution in [3.8, 4) is 0 Å². The molecular formula is C12H14N4O2. The smallest absolute Gasteiger partial charge is 0.219 e. The summed E-state index contributed by atoms with van der Waals surface area (Å²) in [5.41, 5.74) is 1.29. The van der Waals surface area contributed by atoms with E-state index in [4.69, 9.17) is 0 Å². The Morgan fingerprint density at radius 2 is 2.06 bits per heavy atom. The average molecular weight is 246 g/mol. The molecule has 0 N–H and O–H groups in total. The van der Waals surface area contributed by atoms with E-state index in [-0.39, 0.29) is 17.1 Å². The molecular weight excluding hydrogens is 232 g/mol. The third-order valence-corrected chi connectivity index (χ3v) is 3.74. The lowest BCUT2D eigenvalue weighted by atomic mass is 9.72. The summed E-state index contributed by atoms with van der Waals surface area (Å²) < 4.78 is 0. The molecule has 0 aliphatic carbocycles. The summed E-state index contributed by atoms with van der Waals surface area (Å²) in [5.74, 6) is 0.363. The maximum Gasteiger partial charge on any atom is 0.219 e. The quantitative estimate of drug-likeness (QED) is 0.734. The maximum atomic E-state index is 11.1. The van der Waals surface area contributed by atoms with Crippen molar-refractivity contribution in [1.82, 2.24) is 9.88 Å². The Balaban J connectivity index is 1.59. The molecule has 1 aromatic rings. The third kappa shape index (κ3) is 1.64. The largest absolute Gasteiger partial charge is 0.369 e. The second-order valence-corrected chi connectivity index (χ2v) is 5.20. The molecule has 0 atom stereocenters. The van der Waals surface area contributed by atoms with E-state index in [9.17, 15) is 9.70 Å². The molecule has 0 aromatic carbocycles. The normalized spacial score (nSPS) is 20.3. The number of hydrogen-bond donors (Lipinski definition) is 0. The van der Waals surface area contributed by atoms with Gasteiger partial charge < -0.3 is 9.80 Å². The van der Waals surface area contributed by atoms with Crippen LogP contribution >= 0.6 is 0 Å². The molecule has 3 rings (SSSR count). The molecule has 2 aliphatic rings. The lowest BCUT2D eigenvalue weighted by Crippen LogP contribution is -2.72. The molecule has 2 aliphatic heterocycles. The SMILES string of the molecule is CC(=O)N1CC2(C1)CN(c1ccc(N=O)nc1)C2. The van der Waals surface area contributed by atoms with Crippen LogP contribution in [0.15, 0.2) is 23.5 Å². The number of carbonyl (C=O) groups is 1. The van der Waals surface area contributed by atoms with Gasteiger partial charge >= 0.3 is 0 Å². The number of pyridine rings is 1. The van der Waals surface area contributed by atoms with E-state index in [0.717, 1.165) is 31.9 Å². The zero-order chi connectivity index (χ0) is 12.8. The van der Waals surface area contributed by atoms with Gasteiger partial charge in [0.25, 0.3) is 0 Å². The monoisotopic (exact) mass is 246 g/mol. The molecule has 6 nitrogen and oxygen atoms in total. The third-order valence-electron chi connectivity index (χ3n) is 3.74. The Kier molecular flexibility index (Phi) is 2.33. The highest BCUT2D eigenvalue weighted by Crippen LogP contribution is 2.41. The van der Waals surface area contributed by atoms with E-state index in [0.29, 0.717) is 0 Å². The predicted molar refractivity (Wildman–Crippen MR) is 66.6 cm³/mol. The molecule has 94 valence electrons. The van der Waals surface area contributed by atoms with Gasteiger partial charge in [0.1, 0.15) is 0 Å². The van der Waals surface area contributed by atoms with E-state index in [1.807, 2.05) is 11.0 Å². The van der Waals surface area contributed by atoms with Crippen molar-refractivity contribution in [2.75, 3.05) is 31.1 Å². The number of carbonyl (C=O) groups excluding carboxylic acids is 1. The van der Waals surface area contributed by atoms with Crippen LogP contribution in [0.3, 0.4) is 0 Å². The van der Waals surface area contributed by atoms with Crippen molar-refractivity contribution >= 4 is 17.4 Å². The van der Waals surface area contributed by atoms with Gasteiger partial charge in [-0.2, -0.15) is 0 Å². The molecule has 0 radical (unpaired) electrons. The summed E-state index contributed by atoms with van der Waals surface area (Å²) in [7, 11) is 0. The van der Waals surface area contributed by atoms with Gasteiger partial charge in [-0.3, -0.25) is 4.79 Å². The van der Waals surface area contributed by atoms with E-state index in [1.165, 1.54) is 0 Å². The van der Waals surface area contributed by atoms with Gasteiger partial charge in [-0.25, -0.2) is 4.98 Å². The minimum absolute atomic E-state index is 0.155. The van der Waals surface area contributed by atoms with Gasteiger partial charge in [-0.15, -0.1) is 4.91 Å². The van der Waals surface area contributed by atoms with Gasteiger partial charge in [0.15, 0.2) is 5.82 Å². The van der Waals surface area contributed by atoms with Crippen molar-refractivity contribution in [2.45, 2.75) is 6.92 Å². The predicted octanol–water partition coefficient (Wildman–Crippen LogP) is 1.15. The molecule has 6 heteroatoms. The highest BCUT2D eigenvalue weighted by molar-refractivity contribution is 5.74. The molecule has 3 heterocycles. The minimum Gasteiger partial charge on any atom is -0.369 e. The van der Waals surface area contributed by atoms with Crippen molar-refractivity contribution in [2.24, 2.45) is 10.6 Å². The van der Waals surface area contributed by atoms with E-state index >= 15 is 0 Å². The van der Waals surface area contributed by atoms with Gasteiger partial charge in [0.05, 0.1) is 11.9 Å². The Morgan fingerprint density at radius 1 is 1.33 bits per heavy atom. The first-order valence-electron chi connectivity index (χ1n) is 5.92. The maximum absolute atomic E-state index is 11.1. The summed E-state index contributed by atoms with van der Waals surface area (Å²) in [4.78, 5) is 29.4. The summed E-state index contributed by atoms with van der Waals surface area (Å²) in [6.07, 6.45) is 1.67. The van der Waals surface area contributed by atoms with Gasteiger partial charge in [0.2, 0.25) is 5.91 Å². The number of aromatic nitrogens is 1. The molecule has 0 bridgehead atoms. The van der Waals surface area contributed by atoms with Crippen molar-refractivity contribution in [3.63, 3.8) is 0 Å². The average Bonchev–Trinajstić information content (AvgIpc) is 2.25. The number of anilines is 1. The second-order valence-electron chi connectivity index (χ2n) is 5.20. The highest BCUT2D eigenvalue weighted by Gasteiger charge is 2.52. The number of likely N-dealkylation sites (tertiary alicyclic amines) is 1. The Labute approximate surface area is 105 Å².